The molecule has 4 heterocycles. The zero-order chi connectivity index (χ0) is 21.9. The number of benzene rings is 1. The fourth-order valence-corrected chi connectivity index (χ4v) is 6.62. The molecule has 0 bridgehead atoms. The maximum Gasteiger partial charge on any atom is 0.255 e. The highest BCUT2D eigenvalue weighted by atomic mass is 16.5. The number of fused-ring (bicyclic) bond motifs is 4. The summed E-state index contributed by atoms with van der Waals surface area (Å²) in [6.07, 6.45) is 8.40. The Morgan fingerprint density at radius 1 is 1.06 bits per heavy atom. The molecule has 6 rings (SSSR count). The SMILES string of the molecule is O=C1CCC(N2Cc3c(ccc4c3OCC43CCN(CC4CCCC4)CC3)C2=O)C(=O)N1. The van der Waals surface area contributed by atoms with Crippen molar-refractivity contribution in [2.75, 3.05) is 26.2 Å². The molecule has 7 heteroatoms. The number of nitrogens with one attached hydrogen (secondary N) is 1. The maximum atomic E-state index is 13.1. The average molecular weight is 438 g/mol. The van der Waals surface area contributed by atoms with Gasteiger partial charge in [0.25, 0.3) is 5.91 Å². The highest BCUT2D eigenvalue weighted by Gasteiger charge is 2.47. The average Bonchev–Trinajstić information content (AvgIpc) is 3.50. The zero-order valence-electron chi connectivity index (χ0n) is 18.5. The molecule has 1 aromatic carbocycles. The molecule has 1 unspecified atom stereocenters. The Balaban J connectivity index is 1.20. The predicted molar refractivity (Wildman–Crippen MR) is 117 cm³/mol. The molecule has 3 fully saturated rings. The van der Waals surface area contributed by atoms with E-state index in [4.69, 9.17) is 4.74 Å². The molecule has 1 saturated carbocycles. The lowest BCUT2D eigenvalue weighted by Crippen LogP contribution is -2.52. The van der Waals surface area contributed by atoms with Crippen LogP contribution < -0.4 is 10.1 Å². The molecule has 7 nitrogen and oxygen atoms in total. The van der Waals surface area contributed by atoms with Gasteiger partial charge >= 0.3 is 0 Å². The maximum absolute atomic E-state index is 13.1. The Morgan fingerprint density at radius 3 is 2.59 bits per heavy atom. The summed E-state index contributed by atoms with van der Waals surface area (Å²) in [5.74, 6) is 0.985. The summed E-state index contributed by atoms with van der Waals surface area (Å²) in [4.78, 5) is 41.2. The number of carbonyl (C=O) groups excluding carboxylic acids is 3. The second-order valence-electron chi connectivity index (χ2n) is 10.4. The van der Waals surface area contributed by atoms with Crippen LogP contribution in [-0.4, -0.2) is 59.8 Å². The molecule has 0 aromatic heterocycles. The Kier molecular flexibility index (Phi) is 4.79. The second-order valence-corrected chi connectivity index (χ2v) is 10.4. The van der Waals surface area contributed by atoms with Gasteiger partial charge in [0.1, 0.15) is 11.8 Å². The second kappa shape index (κ2) is 7.58. The van der Waals surface area contributed by atoms with Crippen LogP contribution in [0.2, 0.25) is 0 Å². The number of amides is 3. The van der Waals surface area contributed by atoms with Crippen LogP contribution in [0.15, 0.2) is 12.1 Å². The van der Waals surface area contributed by atoms with Crippen molar-refractivity contribution in [3.63, 3.8) is 0 Å². The minimum Gasteiger partial charge on any atom is -0.492 e. The number of ether oxygens (including phenoxy) is 1. The van der Waals surface area contributed by atoms with Gasteiger partial charge in [-0.1, -0.05) is 18.9 Å². The van der Waals surface area contributed by atoms with Crippen molar-refractivity contribution in [2.45, 2.75) is 69.4 Å². The molecule has 4 aliphatic heterocycles. The highest BCUT2D eigenvalue weighted by molar-refractivity contribution is 6.05. The van der Waals surface area contributed by atoms with Gasteiger partial charge in [-0.15, -0.1) is 0 Å². The fourth-order valence-electron chi connectivity index (χ4n) is 6.62. The first-order valence-electron chi connectivity index (χ1n) is 12.2. The first kappa shape index (κ1) is 20.2. The monoisotopic (exact) mass is 437 g/mol. The highest BCUT2D eigenvalue weighted by Crippen LogP contribution is 2.49. The molecule has 2 saturated heterocycles. The van der Waals surface area contributed by atoms with E-state index in [1.807, 2.05) is 6.07 Å². The summed E-state index contributed by atoms with van der Waals surface area (Å²) < 4.78 is 6.28. The lowest BCUT2D eigenvalue weighted by molar-refractivity contribution is -0.136. The van der Waals surface area contributed by atoms with Gasteiger partial charge in [0.2, 0.25) is 11.8 Å². The van der Waals surface area contributed by atoms with Crippen molar-refractivity contribution < 1.29 is 19.1 Å². The fraction of sp³-hybridized carbons (Fsp3) is 0.640. The molecule has 1 N–H and O–H groups in total. The smallest absolute Gasteiger partial charge is 0.255 e. The van der Waals surface area contributed by atoms with Crippen LogP contribution in [0, 0.1) is 5.92 Å². The van der Waals surface area contributed by atoms with Gasteiger partial charge < -0.3 is 14.5 Å². The van der Waals surface area contributed by atoms with E-state index in [0.717, 1.165) is 43.2 Å². The van der Waals surface area contributed by atoms with Gasteiger partial charge in [0, 0.05) is 35.1 Å². The molecule has 32 heavy (non-hydrogen) atoms. The number of hydrogen-bond acceptors (Lipinski definition) is 5. The zero-order valence-corrected chi connectivity index (χ0v) is 18.5. The number of nitrogens with zero attached hydrogens (tertiary/aromatic N) is 2. The van der Waals surface area contributed by atoms with Crippen molar-refractivity contribution in [3.05, 3.63) is 28.8 Å². The third-order valence-corrected chi connectivity index (χ3v) is 8.54. The van der Waals surface area contributed by atoms with E-state index >= 15 is 0 Å². The van der Waals surface area contributed by atoms with Crippen molar-refractivity contribution in [1.29, 1.82) is 0 Å². The van der Waals surface area contributed by atoms with E-state index in [1.54, 1.807) is 4.90 Å². The van der Waals surface area contributed by atoms with Gasteiger partial charge in [-0.3, -0.25) is 19.7 Å². The summed E-state index contributed by atoms with van der Waals surface area (Å²) in [5.41, 5.74) is 2.85. The van der Waals surface area contributed by atoms with E-state index in [1.165, 1.54) is 37.8 Å². The molecule has 3 amide bonds. The predicted octanol–water partition coefficient (Wildman–Crippen LogP) is 2.36. The van der Waals surface area contributed by atoms with Crippen molar-refractivity contribution >= 4 is 17.7 Å². The number of piperidine rings is 2. The van der Waals surface area contributed by atoms with Crippen LogP contribution >= 0.6 is 0 Å². The first-order chi connectivity index (χ1) is 15.5. The molecule has 170 valence electrons. The first-order valence-corrected chi connectivity index (χ1v) is 12.2. The number of carbonyl (C=O) groups is 3. The number of likely N-dealkylation sites (tertiary alicyclic amines) is 1. The Morgan fingerprint density at radius 2 is 1.84 bits per heavy atom. The molecule has 1 spiro atoms. The minimum absolute atomic E-state index is 0.0433. The quantitative estimate of drug-likeness (QED) is 0.735. The number of imide groups is 1. The van der Waals surface area contributed by atoms with Crippen LogP contribution in [0.4, 0.5) is 0 Å². The van der Waals surface area contributed by atoms with E-state index in [9.17, 15) is 14.4 Å². The van der Waals surface area contributed by atoms with Gasteiger partial charge in [-0.05, 0) is 57.2 Å². The van der Waals surface area contributed by atoms with Gasteiger partial charge in [-0.25, -0.2) is 0 Å². The van der Waals surface area contributed by atoms with Crippen molar-refractivity contribution in [2.24, 2.45) is 5.92 Å². The third-order valence-electron chi connectivity index (χ3n) is 8.54. The summed E-state index contributed by atoms with van der Waals surface area (Å²) in [5, 5.41) is 2.37. The standard InChI is InChI=1S/C25H31N3O4/c29-21-8-7-20(23(30)26-21)28-14-18-17(24(28)31)5-6-19-22(18)32-15-25(19)9-11-27(12-10-25)13-16-3-1-2-4-16/h5-6,16,20H,1-4,7-15H2,(H,26,29,30). The van der Waals surface area contributed by atoms with Gasteiger partial charge in [-0.2, -0.15) is 0 Å². The topological polar surface area (TPSA) is 79.0 Å². The van der Waals surface area contributed by atoms with E-state index in [0.29, 0.717) is 25.1 Å². The molecule has 1 aromatic rings. The third kappa shape index (κ3) is 3.16. The summed E-state index contributed by atoms with van der Waals surface area (Å²) >= 11 is 0. The Labute approximate surface area is 188 Å². The minimum atomic E-state index is -0.586. The molecule has 5 aliphatic rings. The van der Waals surface area contributed by atoms with Crippen LogP contribution in [0.1, 0.15) is 72.9 Å². The van der Waals surface area contributed by atoms with Crippen LogP contribution in [0.5, 0.6) is 5.75 Å². The Hall–Kier alpha value is -2.41. The molecule has 1 aliphatic carbocycles. The normalized spacial score (nSPS) is 27.6. The molecule has 1 atom stereocenters. The summed E-state index contributed by atoms with van der Waals surface area (Å²) in [7, 11) is 0. The Bertz CT molecular complexity index is 976. The van der Waals surface area contributed by atoms with Crippen molar-refractivity contribution in [1.82, 2.24) is 15.1 Å². The summed E-state index contributed by atoms with van der Waals surface area (Å²) in [6, 6.07) is 3.45. The van der Waals surface area contributed by atoms with E-state index in [2.05, 4.69) is 16.3 Å². The van der Waals surface area contributed by atoms with E-state index < -0.39 is 6.04 Å². The van der Waals surface area contributed by atoms with Crippen LogP contribution in [-0.2, 0) is 21.5 Å². The lowest BCUT2D eigenvalue weighted by Gasteiger charge is -2.39. The van der Waals surface area contributed by atoms with Crippen LogP contribution in [0.3, 0.4) is 0 Å². The molecular weight excluding hydrogens is 406 g/mol. The lowest BCUT2D eigenvalue weighted by atomic mass is 9.73. The molecular formula is C25H31N3O4. The van der Waals surface area contributed by atoms with Crippen LogP contribution in [0.25, 0.3) is 0 Å². The summed E-state index contributed by atoms with van der Waals surface area (Å²) in [6.45, 7) is 4.52. The molecule has 0 radical (unpaired) electrons. The van der Waals surface area contributed by atoms with E-state index in [-0.39, 0.29) is 29.6 Å². The number of hydrogen-bond donors (Lipinski definition) is 1. The van der Waals surface area contributed by atoms with Gasteiger partial charge in [0.05, 0.1) is 13.2 Å². The van der Waals surface area contributed by atoms with Gasteiger partial charge in [0.15, 0.2) is 0 Å². The van der Waals surface area contributed by atoms with Crippen molar-refractivity contribution in [3.8, 4) is 5.75 Å². The largest absolute Gasteiger partial charge is 0.492 e. The number of rotatable bonds is 3.